The molecule has 1 N–H and O–H groups in total. The molecule has 0 saturated carbocycles. The Hall–Kier alpha value is -3.13. The van der Waals surface area contributed by atoms with Crippen LogP contribution in [0.5, 0.6) is 17.2 Å². The van der Waals surface area contributed by atoms with E-state index in [1.165, 1.54) is 0 Å². The van der Waals surface area contributed by atoms with Crippen LogP contribution in [0.1, 0.15) is 29.8 Å². The third kappa shape index (κ3) is 5.18. The first-order valence-electron chi connectivity index (χ1n) is 8.49. The summed E-state index contributed by atoms with van der Waals surface area (Å²) in [5, 5.41) is 2.78. The highest BCUT2D eigenvalue weighted by Gasteiger charge is 2.10. The van der Waals surface area contributed by atoms with Crippen LogP contribution in [0.15, 0.2) is 42.5 Å². The second-order valence-electron chi connectivity index (χ2n) is 5.21. The predicted octanol–water partition coefficient (Wildman–Crippen LogP) is 3.27. The zero-order valence-corrected chi connectivity index (χ0v) is 15.3. The standard InChI is InChI=1S/C21H23NO4/c1-4-25-19-13-12-17(15-20(19)26-5-2)21(23)22-14-8-10-16-9-6-7-11-18(16)24-3/h6-7,9,11-13,15H,4-5,14H2,1-3H3,(H,22,23). The van der Waals surface area contributed by atoms with Crippen molar-refractivity contribution < 1.29 is 19.0 Å². The monoisotopic (exact) mass is 353 g/mol. The van der Waals surface area contributed by atoms with Crippen molar-refractivity contribution >= 4 is 5.91 Å². The first kappa shape index (κ1) is 19.2. The van der Waals surface area contributed by atoms with Gasteiger partial charge in [0.05, 0.1) is 32.4 Å². The molecule has 0 aliphatic carbocycles. The van der Waals surface area contributed by atoms with Gasteiger partial charge < -0.3 is 19.5 Å². The van der Waals surface area contributed by atoms with Gasteiger partial charge in [0, 0.05) is 5.56 Å². The summed E-state index contributed by atoms with van der Waals surface area (Å²) in [7, 11) is 1.60. The lowest BCUT2D eigenvalue weighted by Gasteiger charge is -2.12. The number of ether oxygens (including phenoxy) is 3. The molecule has 0 spiro atoms. The molecule has 5 nitrogen and oxygen atoms in total. The van der Waals surface area contributed by atoms with Gasteiger partial charge in [-0.1, -0.05) is 24.0 Å². The maximum Gasteiger partial charge on any atom is 0.252 e. The molecule has 2 aromatic carbocycles. The number of amides is 1. The number of para-hydroxylation sites is 1. The Labute approximate surface area is 154 Å². The van der Waals surface area contributed by atoms with Crippen molar-refractivity contribution in [1.82, 2.24) is 5.32 Å². The number of hydrogen-bond donors (Lipinski definition) is 1. The molecule has 0 saturated heterocycles. The number of rotatable bonds is 7. The highest BCUT2D eigenvalue weighted by atomic mass is 16.5. The van der Waals surface area contributed by atoms with Gasteiger partial charge in [-0.05, 0) is 44.2 Å². The van der Waals surface area contributed by atoms with E-state index in [1.54, 1.807) is 25.3 Å². The van der Waals surface area contributed by atoms with E-state index in [9.17, 15) is 4.79 Å². The Bertz CT molecular complexity index is 805. The van der Waals surface area contributed by atoms with E-state index in [2.05, 4.69) is 17.2 Å². The number of hydrogen-bond acceptors (Lipinski definition) is 4. The zero-order chi connectivity index (χ0) is 18.8. The van der Waals surface area contributed by atoms with E-state index in [4.69, 9.17) is 14.2 Å². The molecule has 0 heterocycles. The lowest BCUT2D eigenvalue weighted by Crippen LogP contribution is -2.23. The van der Waals surface area contributed by atoms with Gasteiger partial charge in [0.25, 0.3) is 5.91 Å². The average Bonchev–Trinajstić information content (AvgIpc) is 2.67. The maximum absolute atomic E-state index is 12.3. The summed E-state index contributed by atoms with van der Waals surface area (Å²) >= 11 is 0. The SMILES string of the molecule is CCOc1ccc(C(=O)NCC#Cc2ccccc2OC)cc1OCC. The van der Waals surface area contributed by atoms with Crippen LogP contribution in [0.25, 0.3) is 0 Å². The normalized spacial score (nSPS) is 9.65. The third-order valence-corrected chi connectivity index (χ3v) is 3.47. The van der Waals surface area contributed by atoms with E-state index >= 15 is 0 Å². The molecule has 0 aliphatic rings. The van der Waals surface area contributed by atoms with Crippen LogP contribution in [0.3, 0.4) is 0 Å². The molecule has 0 atom stereocenters. The summed E-state index contributed by atoms with van der Waals surface area (Å²) in [6.45, 7) is 5.04. The molecule has 0 radical (unpaired) electrons. The Morgan fingerprint density at radius 1 is 1.00 bits per heavy atom. The molecule has 0 bridgehead atoms. The Kier molecular flexibility index (Phi) is 7.38. The van der Waals surface area contributed by atoms with Crippen LogP contribution in [0.2, 0.25) is 0 Å². The molecule has 0 aromatic heterocycles. The molecule has 2 aromatic rings. The van der Waals surface area contributed by atoms with Crippen LogP contribution >= 0.6 is 0 Å². The molecular formula is C21H23NO4. The molecule has 5 heteroatoms. The van der Waals surface area contributed by atoms with E-state index in [0.29, 0.717) is 36.0 Å². The lowest BCUT2D eigenvalue weighted by atomic mass is 10.2. The average molecular weight is 353 g/mol. The minimum absolute atomic E-state index is 0.219. The number of carbonyl (C=O) groups excluding carboxylic acids is 1. The lowest BCUT2D eigenvalue weighted by molar-refractivity contribution is 0.0958. The van der Waals surface area contributed by atoms with Gasteiger partial charge in [0.2, 0.25) is 0 Å². The van der Waals surface area contributed by atoms with Crippen LogP contribution in [-0.4, -0.2) is 32.8 Å². The quantitative estimate of drug-likeness (QED) is 0.776. The van der Waals surface area contributed by atoms with Crippen molar-refractivity contribution in [3.8, 4) is 29.1 Å². The molecule has 0 fully saturated rings. The summed E-state index contributed by atoms with van der Waals surface area (Å²) in [5.74, 6) is 7.60. The van der Waals surface area contributed by atoms with Gasteiger partial charge in [-0.25, -0.2) is 0 Å². The number of nitrogens with one attached hydrogen (secondary N) is 1. The molecule has 1 amide bonds. The smallest absolute Gasteiger partial charge is 0.252 e. The van der Waals surface area contributed by atoms with Crippen molar-refractivity contribution in [2.75, 3.05) is 26.9 Å². The molecule has 0 unspecified atom stereocenters. The van der Waals surface area contributed by atoms with Crippen molar-refractivity contribution in [3.63, 3.8) is 0 Å². The Balaban J connectivity index is 2.02. The summed E-state index contributed by atoms with van der Waals surface area (Å²) in [6, 6.07) is 12.6. The fourth-order valence-electron chi connectivity index (χ4n) is 2.31. The molecular weight excluding hydrogens is 330 g/mol. The van der Waals surface area contributed by atoms with Crippen LogP contribution < -0.4 is 19.5 Å². The minimum atomic E-state index is -0.219. The summed E-state index contributed by atoms with van der Waals surface area (Å²) in [5.41, 5.74) is 1.28. The van der Waals surface area contributed by atoms with Crippen LogP contribution in [0, 0.1) is 11.8 Å². The van der Waals surface area contributed by atoms with Gasteiger partial charge in [-0.15, -0.1) is 0 Å². The number of carbonyl (C=O) groups is 1. The van der Waals surface area contributed by atoms with Crippen molar-refractivity contribution in [3.05, 3.63) is 53.6 Å². The van der Waals surface area contributed by atoms with E-state index in [0.717, 1.165) is 5.56 Å². The molecule has 2 rings (SSSR count). The van der Waals surface area contributed by atoms with Gasteiger partial charge in [0.1, 0.15) is 5.75 Å². The van der Waals surface area contributed by atoms with Crippen molar-refractivity contribution in [2.24, 2.45) is 0 Å². The summed E-state index contributed by atoms with van der Waals surface area (Å²) < 4.78 is 16.3. The van der Waals surface area contributed by atoms with Gasteiger partial charge in [-0.3, -0.25) is 4.79 Å². The zero-order valence-electron chi connectivity index (χ0n) is 15.3. The van der Waals surface area contributed by atoms with E-state index < -0.39 is 0 Å². The van der Waals surface area contributed by atoms with Crippen molar-refractivity contribution in [2.45, 2.75) is 13.8 Å². The fraction of sp³-hybridized carbons (Fsp3) is 0.286. The second-order valence-corrected chi connectivity index (χ2v) is 5.21. The van der Waals surface area contributed by atoms with E-state index in [-0.39, 0.29) is 12.5 Å². The van der Waals surface area contributed by atoms with Gasteiger partial charge in [-0.2, -0.15) is 0 Å². The molecule has 26 heavy (non-hydrogen) atoms. The van der Waals surface area contributed by atoms with Gasteiger partial charge >= 0.3 is 0 Å². The highest BCUT2D eigenvalue weighted by Crippen LogP contribution is 2.28. The van der Waals surface area contributed by atoms with Crippen LogP contribution in [-0.2, 0) is 0 Å². The van der Waals surface area contributed by atoms with Crippen LogP contribution in [0.4, 0.5) is 0 Å². The second kappa shape index (κ2) is 10.00. The Morgan fingerprint density at radius 2 is 1.73 bits per heavy atom. The first-order chi connectivity index (χ1) is 12.7. The van der Waals surface area contributed by atoms with Gasteiger partial charge in [0.15, 0.2) is 11.5 Å². The number of methoxy groups -OCH3 is 1. The van der Waals surface area contributed by atoms with E-state index in [1.807, 2.05) is 38.1 Å². The Morgan fingerprint density at radius 3 is 2.46 bits per heavy atom. The minimum Gasteiger partial charge on any atom is -0.495 e. The predicted molar refractivity (Wildman–Crippen MR) is 101 cm³/mol. The summed E-state index contributed by atoms with van der Waals surface area (Å²) in [4.78, 5) is 12.3. The fourth-order valence-corrected chi connectivity index (χ4v) is 2.31. The largest absolute Gasteiger partial charge is 0.495 e. The molecule has 136 valence electrons. The van der Waals surface area contributed by atoms with Crippen molar-refractivity contribution in [1.29, 1.82) is 0 Å². The molecule has 0 aliphatic heterocycles. The first-order valence-corrected chi connectivity index (χ1v) is 8.49. The maximum atomic E-state index is 12.3. The summed E-state index contributed by atoms with van der Waals surface area (Å²) in [6.07, 6.45) is 0. The topological polar surface area (TPSA) is 56.8 Å². The highest BCUT2D eigenvalue weighted by molar-refractivity contribution is 5.95. The number of benzene rings is 2. The third-order valence-electron chi connectivity index (χ3n) is 3.47.